The van der Waals surface area contributed by atoms with Crippen molar-refractivity contribution in [3.8, 4) is 17.2 Å². The van der Waals surface area contributed by atoms with Gasteiger partial charge in [0.1, 0.15) is 17.4 Å². The molecule has 152 valence electrons. The first-order chi connectivity index (χ1) is 14.1. The van der Waals surface area contributed by atoms with Crippen molar-refractivity contribution in [1.82, 2.24) is 14.3 Å². The zero-order valence-corrected chi connectivity index (χ0v) is 16.9. The van der Waals surface area contributed by atoms with Gasteiger partial charge in [0.15, 0.2) is 11.5 Å². The number of hydrogen-bond donors (Lipinski definition) is 0. The highest BCUT2D eigenvalue weighted by Crippen LogP contribution is 2.38. The number of carbonyl (C=O) groups is 1. The zero-order chi connectivity index (χ0) is 20.4. The van der Waals surface area contributed by atoms with Crippen LogP contribution in [-0.4, -0.2) is 53.6 Å². The summed E-state index contributed by atoms with van der Waals surface area (Å²) in [7, 11) is 3.22. The fourth-order valence-corrected chi connectivity index (χ4v) is 3.68. The topological polar surface area (TPSA) is 65.3 Å². The van der Waals surface area contributed by atoms with Crippen molar-refractivity contribution in [3.05, 3.63) is 54.0 Å². The van der Waals surface area contributed by atoms with Gasteiger partial charge < -0.3 is 19.1 Å². The molecule has 3 heterocycles. The van der Waals surface area contributed by atoms with E-state index in [1.807, 2.05) is 52.8 Å². The molecule has 2 aromatic heterocycles. The van der Waals surface area contributed by atoms with Crippen LogP contribution in [0.5, 0.6) is 17.2 Å². The highest BCUT2D eigenvalue weighted by molar-refractivity contribution is 5.93. The number of fused-ring (bicyclic) bond motifs is 1. The standard InChI is InChI=1S/C22H25N3O4/c1-15-7-12-25-17(14-23-20(25)13-15)22(26)24-10-8-16(9-11-24)29-21-18(27-2)5-4-6-19(21)28-3/h4-7,12-14,16H,8-11H2,1-3H3. The van der Waals surface area contributed by atoms with Crippen LogP contribution in [0.1, 0.15) is 28.9 Å². The van der Waals surface area contributed by atoms with Crippen LogP contribution in [0.2, 0.25) is 0 Å². The number of amides is 1. The monoisotopic (exact) mass is 395 g/mol. The number of ether oxygens (including phenoxy) is 3. The van der Waals surface area contributed by atoms with Gasteiger partial charge in [-0.2, -0.15) is 0 Å². The predicted molar refractivity (Wildman–Crippen MR) is 109 cm³/mol. The second-order valence-electron chi connectivity index (χ2n) is 7.18. The van der Waals surface area contributed by atoms with Crippen LogP contribution < -0.4 is 14.2 Å². The summed E-state index contributed by atoms with van der Waals surface area (Å²) in [6.07, 6.45) is 5.02. The maximum Gasteiger partial charge on any atom is 0.272 e. The van der Waals surface area contributed by atoms with Crippen molar-refractivity contribution in [2.24, 2.45) is 0 Å². The van der Waals surface area contributed by atoms with Gasteiger partial charge in [-0.15, -0.1) is 0 Å². The molecule has 0 spiro atoms. The highest BCUT2D eigenvalue weighted by Gasteiger charge is 2.27. The fourth-order valence-electron chi connectivity index (χ4n) is 3.68. The van der Waals surface area contributed by atoms with E-state index in [0.29, 0.717) is 36.0 Å². The summed E-state index contributed by atoms with van der Waals surface area (Å²) < 4.78 is 18.9. The second kappa shape index (κ2) is 8.03. The number of para-hydroxylation sites is 1. The third kappa shape index (κ3) is 3.72. The van der Waals surface area contributed by atoms with E-state index in [9.17, 15) is 4.79 Å². The molecule has 4 rings (SSSR count). The van der Waals surface area contributed by atoms with Gasteiger partial charge in [0, 0.05) is 32.1 Å². The number of methoxy groups -OCH3 is 2. The summed E-state index contributed by atoms with van der Waals surface area (Å²) in [6, 6.07) is 9.51. The molecule has 29 heavy (non-hydrogen) atoms. The lowest BCUT2D eigenvalue weighted by molar-refractivity contribution is 0.0579. The van der Waals surface area contributed by atoms with Crippen molar-refractivity contribution in [2.75, 3.05) is 27.3 Å². The van der Waals surface area contributed by atoms with E-state index in [1.54, 1.807) is 20.4 Å². The van der Waals surface area contributed by atoms with Crippen LogP contribution >= 0.6 is 0 Å². The summed E-state index contributed by atoms with van der Waals surface area (Å²) >= 11 is 0. The van der Waals surface area contributed by atoms with Crippen LogP contribution in [0.4, 0.5) is 0 Å². The normalized spacial score (nSPS) is 14.8. The Morgan fingerprint density at radius 2 is 1.79 bits per heavy atom. The minimum Gasteiger partial charge on any atom is -0.493 e. The lowest BCUT2D eigenvalue weighted by Crippen LogP contribution is -2.42. The third-order valence-corrected chi connectivity index (χ3v) is 5.28. The molecule has 0 bridgehead atoms. The number of piperidine rings is 1. The lowest BCUT2D eigenvalue weighted by atomic mass is 10.1. The summed E-state index contributed by atoms with van der Waals surface area (Å²) in [4.78, 5) is 19.2. The molecule has 0 N–H and O–H groups in total. The third-order valence-electron chi connectivity index (χ3n) is 5.28. The summed E-state index contributed by atoms with van der Waals surface area (Å²) in [5, 5.41) is 0. The van der Waals surface area contributed by atoms with Crippen molar-refractivity contribution >= 4 is 11.6 Å². The quantitative estimate of drug-likeness (QED) is 0.663. The van der Waals surface area contributed by atoms with Gasteiger partial charge >= 0.3 is 0 Å². The molecular weight excluding hydrogens is 370 g/mol. The van der Waals surface area contributed by atoms with Crippen LogP contribution in [-0.2, 0) is 0 Å². The number of aryl methyl sites for hydroxylation is 1. The van der Waals surface area contributed by atoms with Gasteiger partial charge in [-0.05, 0) is 36.8 Å². The molecule has 1 saturated heterocycles. The van der Waals surface area contributed by atoms with Crippen molar-refractivity contribution in [1.29, 1.82) is 0 Å². The predicted octanol–water partition coefficient (Wildman–Crippen LogP) is 3.34. The first-order valence-corrected chi connectivity index (χ1v) is 9.71. The average molecular weight is 395 g/mol. The molecule has 0 atom stereocenters. The number of nitrogens with zero attached hydrogens (tertiary/aromatic N) is 3. The number of hydrogen-bond acceptors (Lipinski definition) is 5. The van der Waals surface area contributed by atoms with E-state index >= 15 is 0 Å². The Labute approximate surface area is 169 Å². The number of aromatic nitrogens is 2. The number of rotatable bonds is 5. The molecular formula is C22H25N3O4. The Morgan fingerprint density at radius 3 is 2.45 bits per heavy atom. The minimum absolute atomic E-state index is 0.00493. The Bertz CT molecular complexity index is 1000. The Morgan fingerprint density at radius 1 is 1.10 bits per heavy atom. The number of likely N-dealkylation sites (tertiary alicyclic amines) is 1. The number of benzene rings is 1. The first kappa shape index (κ1) is 19.1. The molecule has 0 aliphatic carbocycles. The Kier molecular flexibility index (Phi) is 5.29. The van der Waals surface area contributed by atoms with Gasteiger partial charge in [0.25, 0.3) is 5.91 Å². The van der Waals surface area contributed by atoms with E-state index in [1.165, 1.54) is 0 Å². The Hall–Kier alpha value is -3.22. The SMILES string of the molecule is COc1cccc(OC)c1OC1CCN(C(=O)c2cnc3cc(C)ccn23)CC1. The molecule has 3 aromatic rings. The van der Waals surface area contributed by atoms with Crippen molar-refractivity contribution in [2.45, 2.75) is 25.9 Å². The molecule has 7 nitrogen and oxygen atoms in total. The molecule has 1 fully saturated rings. The molecule has 0 saturated carbocycles. The van der Waals surface area contributed by atoms with E-state index in [4.69, 9.17) is 14.2 Å². The molecule has 0 unspecified atom stereocenters. The van der Waals surface area contributed by atoms with Crippen molar-refractivity contribution in [3.63, 3.8) is 0 Å². The maximum absolute atomic E-state index is 13.0. The summed E-state index contributed by atoms with van der Waals surface area (Å²) in [5.41, 5.74) is 2.49. The van der Waals surface area contributed by atoms with E-state index in [0.717, 1.165) is 24.1 Å². The lowest BCUT2D eigenvalue weighted by Gasteiger charge is -2.32. The van der Waals surface area contributed by atoms with E-state index in [2.05, 4.69) is 4.98 Å². The number of pyridine rings is 1. The molecule has 1 aromatic carbocycles. The maximum atomic E-state index is 13.0. The van der Waals surface area contributed by atoms with E-state index in [-0.39, 0.29) is 12.0 Å². The van der Waals surface area contributed by atoms with Crippen LogP contribution in [0, 0.1) is 6.92 Å². The van der Waals surface area contributed by atoms with Gasteiger partial charge in [0.05, 0.1) is 20.4 Å². The smallest absolute Gasteiger partial charge is 0.272 e. The highest BCUT2D eigenvalue weighted by atomic mass is 16.5. The van der Waals surface area contributed by atoms with Crippen LogP contribution in [0.25, 0.3) is 5.65 Å². The van der Waals surface area contributed by atoms with E-state index < -0.39 is 0 Å². The molecule has 1 aliphatic heterocycles. The van der Waals surface area contributed by atoms with Gasteiger partial charge in [-0.3, -0.25) is 9.20 Å². The van der Waals surface area contributed by atoms with Crippen molar-refractivity contribution < 1.29 is 19.0 Å². The van der Waals surface area contributed by atoms with Gasteiger partial charge in [-0.25, -0.2) is 4.98 Å². The molecule has 1 aliphatic rings. The largest absolute Gasteiger partial charge is 0.493 e. The van der Waals surface area contributed by atoms with Gasteiger partial charge in [0.2, 0.25) is 5.75 Å². The Balaban J connectivity index is 1.44. The van der Waals surface area contributed by atoms with Crippen LogP contribution in [0.3, 0.4) is 0 Å². The number of imidazole rings is 1. The summed E-state index contributed by atoms with van der Waals surface area (Å²) in [5.74, 6) is 1.89. The van der Waals surface area contributed by atoms with Crippen LogP contribution in [0.15, 0.2) is 42.7 Å². The average Bonchev–Trinajstić information content (AvgIpc) is 3.16. The number of carbonyl (C=O) groups excluding carboxylic acids is 1. The molecule has 1 amide bonds. The summed E-state index contributed by atoms with van der Waals surface area (Å²) in [6.45, 7) is 3.26. The molecule has 0 radical (unpaired) electrons. The fraction of sp³-hybridized carbons (Fsp3) is 0.364. The first-order valence-electron chi connectivity index (χ1n) is 9.71. The second-order valence-corrected chi connectivity index (χ2v) is 7.18. The zero-order valence-electron chi connectivity index (χ0n) is 16.9. The minimum atomic E-state index is -0.00548. The molecule has 7 heteroatoms. The van der Waals surface area contributed by atoms with Gasteiger partial charge in [-0.1, -0.05) is 6.07 Å².